The highest BCUT2D eigenvalue weighted by molar-refractivity contribution is 5.56. The van der Waals surface area contributed by atoms with E-state index in [0.717, 1.165) is 6.04 Å². The van der Waals surface area contributed by atoms with Gasteiger partial charge in [-0.15, -0.1) is 0 Å². The number of piperazine rings is 1. The Hall–Kier alpha value is -1.22. The summed E-state index contributed by atoms with van der Waals surface area (Å²) in [6.45, 7) is 6.08. The van der Waals surface area contributed by atoms with Gasteiger partial charge < -0.3 is 9.80 Å². The monoisotopic (exact) mass is 259 g/mol. The first-order valence-corrected chi connectivity index (χ1v) is 7.43. The number of benzene rings is 1. The van der Waals surface area contributed by atoms with Gasteiger partial charge in [0.05, 0.1) is 0 Å². The molecule has 2 heterocycles. The van der Waals surface area contributed by atoms with Crippen molar-refractivity contribution in [2.45, 2.75) is 31.8 Å². The van der Waals surface area contributed by atoms with E-state index in [4.69, 9.17) is 0 Å². The van der Waals surface area contributed by atoms with Crippen molar-refractivity contribution in [2.75, 3.05) is 43.5 Å². The van der Waals surface area contributed by atoms with Crippen molar-refractivity contribution in [3.05, 3.63) is 24.3 Å². The maximum absolute atomic E-state index is 2.68. The number of fused-ring (bicyclic) bond motifs is 1. The quantitative estimate of drug-likeness (QED) is 0.807. The van der Waals surface area contributed by atoms with E-state index >= 15 is 0 Å². The number of hydrogen-bond acceptors (Lipinski definition) is 3. The lowest BCUT2D eigenvalue weighted by molar-refractivity contribution is 0.203. The van der Waals surface area contributed by atoms with Crippen molar-refractivity contribution in [2.24, 2.45) is 0 Å². The van der Waals surface area contributed by atoms with Gasteiger partial charge >= 0.3 is 0 Å². The summed E-state index contributed by atoms with van der Waals surface area (Å²) in [5.41, 5.74) is 2.65. The van der Waals surface area contributed by atoms with Gasteiger partial charge in [0, 0.05) is 50.6 Å². The molecule has 0 bridgehead atoms. The second kappa shape index (κ2) is 5.04. The van der Waals surface area contributed by atoms with Gasteiger partial charge in [0.25, 0.3) is 0 Å². The summed E-state index contributed by atoms with van der Waals surface area (Å²) in [6, 6.07) is 10.4. The van der Waals surface area contributed by atoms with Crippen LogP contribution in [0.2, 0.25) is 0 Å². The molecule has 0 N–H and O–H groups in total. The smallest absolute Gasteiger partial charge is 0.0389 e. The Balaban J connectivity index is 1.77. The summed E-state index contributed by atoms with van der Waals surface area (Å²) in [4.78, 5) is 7.42. The predicted octanol–water partition coefficient (Wildman–Crippen LogP) is 2.43. The van der Waals surface area contributed by atoms with Crippen LogP contribution in [0.1, 0.15) is 19.8 Å². The van der Waals surface area contributed by atoms with Gasteiger partial charge in [-0.25, -0.2) is 0 Å². The van der Waals surface area contributed by atoms with Crippen LogP contribution in [-0.4, -0.2) is 50.7 Å². The molecule has 1 aromatic rings. The molecule has 2 unspecified atom stereocenters. The van der Waals surface area contributed by atoms with E-state index in [1.165, 1.54) is 43.9 Å². The van der Waals surface area contributed by atoms with Gasteiger partial charge in [-0.2, -0.15) is 0 Å². The van der Waals surface area contributed by atoms with E-state index in [1.54, 1.807) is 0 Å². The standard InChI is InChI=1S/C16H25N3/c1-13-11-18-10-4-5-16(18)12-19(13)15-8-6-14(7-9-15)17(2)3/h6-9,13,16H,4-5,10-12H2,1-3H3. The van der Waals surface area contributed by atoms with Gasteiger partial charge in [0.15, 0.2) is 0 Å². The number of hydrogen-bond donors (Lipinski definition) is 0. The molecule has 0 saturated carbocycles. The molecule has 3 nitrogen and oxygen atoms in total. The van der Waals surface area contributed by atoms with Crippen molar-refractivity contribution in [3.63, 3.8) is 0 Å². The minimum absolute atomic E-state index is 0.625. The zero-order chi connectivity index (χ0) is 13.4. The Morgan fingerprint density at radius 2 is 1.84 bits per heavy atom. The fraction of sp³-hybridized carbons (Fsp3) is 0.625. The molecule has 0 aliphatic carbocycles. The van der Waals surface area contributed by atoms with E-state index < -0.39 is 0 Å². The van der Waals surface area contributed by atoms with Crippen molar-refractivity contribution in [1.82, 2.24) is 4.90 Å². The minimum atomic E-state index is 0.625. The van der Waals surface area contributed by atoms with Crippen LogP contribution in [0.3, 0.4) is 0 Å². The van der Waals surface area contributed by atoms with Crippen LogP contribution in [-0.2, 0) is 0 Å². The van der Waals surface area contributed by atoms with Crippen LogP contribution in [0.25, 0.3) is 0 Å². The van der Waals surface area contributed by atoms with Crippen LogP contribution < -0.4 is 9.80 Å². The first kappa shape index (κ1) is 12.8. The lowest BCUT2D eigenvalue weighted by Crippen LogP contribution is -2.55. The Morgan fingerprint density at radius 1 is 1.11 bits per heavy atom. The average Bonchev–Trinajstić information content (AvgIpc) is 2.85. The second-order valence-electron chi connectivity index (χ2n) is 6.20. The first-order chi connectivity index (χ1) is 9.15. The molecule has 3 rings (SSSR count). The fourth-order valence-electron chi connectivity index (χ4n) is 3.49. The Kier molecular flexibility index (Phi) is 3.40. The maximum Gasteiger partial charge on any atom is 0.0389 e. The molecule has 0 aromatic heterocycles. The average molecular weight is 259 g/mol. The number of anilines is 2. The second-order valence-corrected chi connectivity index (χ2v) is 6.20. The van der Waals surface area contributed by atoms with Crippen molar-refractivity contribution < 1.29 is 0 Å². The summed E-state index contributed by atoms with van der Waals surface area (Å²) in [5.74, 6) is 0. The lowest BCUT2D eigenvalue weighted by atomic mass is 10.1. The molecule has 3 heteroatoms. The molecule has 0 amide bonds. The number of rotatable bonds is 2. The van der Waals surface area contributed by atoms with E-state index in [2.05, 4.69) is 60.0 Å². The van der Waals surface area contributed by atoms with Crippen molar-refractivity contribution in [3.8, 4) is 0 Å². The van der Waals surface area contributed by atoms with Crippen LogP contribution in [0.4, 0.5) is 11.4 Å². The number of nitrogens with zero attached hydrogens (tertiary/aromatic N) is 3. The molecule has 0 radical (unpaired) electrons. The lowest BCUT2D eigenvalue weighted by Gasteiger charge is -2.43. The SMILES string of the molecule is CC1CN2CCCC2CN1c1ccc(N(C)C)cc1. The van der Waals surface area contributed by atoms with Gasteiger partial charge in [0.1, 0.15) is 0 Å². The van der Waals surface area contributed by atoms with E-state index in [-0.39, 0.29) is 0 Å². The Morgan fingerprint density at radius 3 is 2.53 bits per heavy atom. The molecule has 2 aliphatic heterocycles. The molecular formula is C16H25N3. The summed E-state index contributed by atoms with van der Waals surface area (Å²) < 4.78 is 0. The molecule has 2 saturated heterocycles. The molecule has 1 aromatic carbocycles. The highest BCUT2D eigenvalue weighted by Gasteiger charge is 2.34. The molecule has 0 spiro atoms. The summed E-state index contributed by atoms with van der Waals surface area (Å²) >= 11 is 0. The van der Waals surface area contributed by atoms with Gasteiger partial charge in [-0.1, -0.05) is 0 Å². The Labute approximate surface area is 116 Å². The van der Waals surface area contributed by atoms with Crippen molar-refractivity contribution >= 4 is 11.4 Å². The summed E-state index contributed by atoms with van der Waals surface area (Å²) in [7, 11) is 4.18. The summed E-state index contributed by atoms with van der Waals surface area (Å²) in [5, 5.41) is 0. The Bertz CT molecular complexity index is 426. The first-order valence-electron chi connectivity index (χ1n) is 7.43. The van der Waals surface area contributed by atoms with E-state index in [9.17, 15) is 0 Å². The van der Waals surface area contributed by atoms with E-state index in [0.29, 0.717) is 6.04 Å². The minimum Gasteiger partial charge on any atom is -0.378 e. The normalized spacial score (nSPS) is 27.4. The molecule has 2 atom stereocenters. The largest absolute Gasteiger partial charge is 0.378 e. The van der Waals surface area contributed by atoms with Crippen LogP contribution in [0.15, 0.2) is 24.3 Å². The van der Waals surface area contributed by atoms with E-state index in [1.807, 2.05) is 0 Å². The predicted molar refractivity (Wildman–Crippen MR) is 82.2 cm³/mol. The van der Waals surface area contributed by atoms with Crippen LogP contribution in [0, 0.1) is 0 Å². The molecular weight excluding hydrogens is 234 g/mol. The highest BCUT2D eigenvalue weighted by Crippen LogP contribution is 2.29. The fourth-order valence-corrected chi connectivity index (χ4v) is 3.49. The van der Waals surface area contributed by atoms with Gasteiger partial charge in [0.2, 0.25) is 0 Å². The topological polar surface area (TPSA) is 9.72 Å². The molecule has 104 valence electrons. The highest BCUT2D eigenvalue weighted by atomic mass is 15.3. The zero-order valence-corrected chi connectivity index (χ0v) is 12.3. The third kappa shape index (κ3) is 2.44. The summed E-state index contributed by atoms with van der Waals surface area (Å²) in [6.07, 6.45) is 2.75. The molecule has 2 fully saturated rings. The third-order valence-electron chi connectivity index (χ3n) is 4.64. The third-order valence-corrected chi connectivity index (χ3v) is 4.64. The van der Waals surface area contributed by atoms with Crippen molar-refractivity contribution in [1.29, 1.82) is 0 Å². The maximum atomic E-state index is 2.68. The van der Waals surface area contributed by atoms with Gasteiger partial charge in [-0.3, -0.25) is 4.90 Å². The van der Waals surface area contributed by atoms with Gasteiger partial charge in [-0.05, 0) is 50.6 Å². The van der Waals surface area contributed by atoms with Crippen LogP contribution in [0.5, 0.6) is 0 Å². The molecule has 19 heavy (non-hydrogen) atoms. The van der Waals surface area contributed by atoms with Crippen LogP contribution >= 0.6 is 0 Å². The molecule has 2 aliphatic rings. The zero-order valence-electron chi connectivity index (χ0n) is 12.3.